The molecule has 1 N–H and O–H groups in total. The van der Waals surface area contributed by atoms with Crippen molar-refractivity contribution in [2.24, 2.45) is 0 Å². The number of para-hydroxylation sites is 1. The number of aromatic amines is 1. The number of carbonyl (C=O) groups is 1. The van der Waals surface area contributed by atoms with Gasteiger partial charge in [-0.25, -0.2) is 4.98 Å². The number of halogens is 1. The number of pyridine rings is 1. The molecule has 0 aliphatic rings. The standard InChI is InChI=1S/C14H9ClN2O/c15-14(18)10-8-13(12-6-3-7-16-12)17-11-5-2-1-4-9(10)11/h1-8,16H. The summed E-state index contributed by atoms with van der Waals surface area (Å²) < 4.78 is 0. The van der Waals surface area contributed by atoms with Gasteiger partial charge in [-0.15, -0.1) is 0 Å². The molecule has 0 amide bonds. The zero-order valence-electron chi connectivity index (χ0n) is 9.35. The topological polar surface area (TPSA) is 45.8 Å². The van der Waals surface area contributed by atoms with Crippen LogP contribution in [0.4, 0.5) is 0 Å². The van der Waals surface area contributed by atoms with Crippen LogP contribution in [0, 0.1) is 0 Å². The van der Waals surface area contributed by atoms with Crippen LogP contribution < -0.4 is 0 Å². The Morgan fingerprint density at radius 1 is 1.17 bits per heavy atom. The summed E-state index contributed by atoms with van der Waals surface area (Å²) >= 11 is 5.64. The van der Waals surface area contributed by atoms with Crippen LogP contribution in [0.2, 0.25) is 0 Å². The molecule has 0 aliphatic carbocycles. The Labute approximate surface area is 108 Å². The lowest BCUT2D eigenvalue weighted by Crippen LogP contribution is -1.95. The third-order valence-electron chi connectivity index (χ3n) is 2.80. The Hall–Kier alpha value is -2.13. The zero-order chi connectivity index (χ0) is 12.5. The average Bonchev–Trinajstić information content (AvgIpc) is 2.91. The van der Waals surface area contributed by atoms with E-state index in [9.17, 15) is 4.79 Å². The van der Waals surface area contributed by atoms with Gasteiger partial charge in [0.25, 0.3) is 5.24 Å². The van der Waals surface area contributed by atoms with Gasteiger partial charge < -0.3 is 4.98 Å². The molecule has 3 rings (SSSR count). The second-order valence-electron chi connectivity index (χ2n) is 3.93. The lowest BCUT2D eigenvalue weighted by atomic mass is 10.1. The quantitative estimate of drug-likeness (QED) is 0.712. The van der Waals surface area contributed by atoms with Crippen molar-refractivity contribution in [3.63, 3.8) is 0 Å². The average molecular weight is 257 g/mol. The van der Waals surface area contributed by atoms with Gasteiger partial charge in [0, 0.05) is 17.1 Å². The number of hydrogen-bond acceptors (Lipinski definition) is 2. The van der Waals surface area contributed by atoms with Crippen molar-refractivity contribution < 1.29 is 4.79 Å². The highest BCUT2D eigenvalue weighted by molar-refractivity contribution is 6.68. The molecule has 18 heavy (non-hydrogen) atoms. The van der Waals surface area contributed by atoms with Gasteiger partial charge in [-0.05, 0) is 35.9 Å². The maximum absolute atomic E-state index is 11.5. The van der Waals surface area contributed by atoms with E-state index in [4.69, 9.17) is 11.6 Å². The Kier molecular flexibility index (Phi) is 2.61. The van der Waals surface area contributed by atoms with Crippen molar-refractivity contribution in [3.8, 4) is 11.4 Å². The number of rotatable bonds is 2. The summed E-state index contributed by atoms with van der Waals surface area (Å²) in [6, 6.07) is 13.0. The summed E-state index contributed by atoms with van der Waals surface area (Å²) in [6.07, 6.45) is 1.81. The normalized spacial score (nSPS) is 10.7. The van der Waals surface area contributed by atoms with E-state index in [-0.39, 0.29) is 0 Å². The molecule has 0 atom stereocenters. The van der Waals surface area contributed by atoms with Crippen molar-refractivity contribution >= 4 is 27.7 Å². The molecule has 0 aliphatic heterocycles. The number of nitrogens with one attached hydrogen (secondary N) is 1. The van der Waals surface area contributed by atoms with Crippen LogP contribution in [-0.2, 0) is 0 Å². The predicted molar refractivity (Wildman–Crippen MR) is 71.7 cm³/mol. The van der Waals surface area contributed by atoms with Gasteiger partial charge in [-0.3, -0.25) is 4.79 Å². The van der Waals surface area contributed by atoms with Gasteiger partial charge in [0.2, 0.25) is 0 Å². The monoisotopic (exact) mass is 256 g/mol. The van der Waals surface area contributed by atoms with E-state index in [1.54, 1.807) is 6.07 Å². The fourth-order valence-electron chi connectivity index (χ4n) is 1.97. The number of fused-ring (bicyclic) bond motifs is 1. The molecule has 3 aromatic rings. The first kappa shape index (κ1) is 11.0. The first-order valence-electron chi connectivity index (χ1n) is 5.49. The van der Waals surface area contributed by atoms with Gasteiger partial charge in [0.15, 0.2) is 0 Å². The molecule has 88 valence electrons. The largest absolute Gasteiger partial charge is 0.360 e. The Balaban J connectivity index is 2.33. The van der Waals surface area contributed by atoms with Crippen molar-refractivity contribution in [2.45, 2.75) is 0 Å². The van der Waals surface area contributed by atoms with E-state index in [1.807, 2.05) is 42.6 Å². The molecule has 2 aromatic heterocycles. The summed E-state index contributed by atoms with van der Waals surface area (Å²) in [5.41, 5.74) is 2.81. The maximum Gasteiger partial charge on any atom is 0.253 e. The summed E-state index contributed by atoms with van der Waals surface area (Å²) in [5, 5.41) is 0.300. The van der Waals surface area contributed by atoms with Gasteiger partial charge in [0.1, 0.15) is 0 Å². The van der Waals surface area contributed by atoms with Crippen molar-refractivity contribution in [2.75, 3.05) is 0 Å². The van der Waals surface area contributed by atoms with Gasteiger partial charge in [-0.2, -0.15) is 0 Å². The fraction of sp³-hybridized carbons (Fsp3) is 0. The first-order valence-corrected chi connectivity index (χ1v) is 5.87. The smallest absolute Gasteiger partial charge is 0.253 e. The molecule has 1 aromatic carbocycles. The second-order valence-corrected chi connectivity index (χ2v) is 4.27. The highest BCUT2D eigenvalue weighted by Crippen LogP contribution is 2.24. The van der Waals surface area contributed by atoms with Crippen LogP contribution in [0.3, 0.4) is 0 Å². The highest BCUT2D eigenvalue weighted by Gasteiger charge is 2.11. The molecule has 0 unspecified atom stereocenters. The minimum absolute atomic E-state index is 0.471. The molecule has 4 heteroatoms. The summed E-state index contributed by atoms with van der Waals surface area (Å²) in [7, 11) is 0. The van der Waals surface area contributed by atoms with Crippen LogP contribution >= 0.6 is 11.6 Å². The van der Waals surface area contributed by atoms with Crippen LogP contribution in [0.1, 0.15) is 10.4 Å². The predicted octanol–water partition coefficient (Wildman–Crippen LogP) is 3.61. The first-order chi connectivity index (χ1) is 8.75. The number of aromatic nitrogens is 2. The Morgan fingerprint density at radius 3 is 2.72 bits per heavy atom. The van der Waals surface area contributed by atoms with E-state index in [0.29, 0.717) is 11.3 Å². The number of nitrogens with zero attached hydrogens (tertiary/aromatic N) is 1. The van der Waals surface area contributed by atoms with Crippen LogP contribution in [-0.4, -0.2) is 15.2 Å². The van der Waals surface area contributed by atoms with Crippen molar-refractivity contribution in [1.29, 1.82) is 0 Å². The van der Waals surface area contributed by atoms with Gasteiger partial charge in [0.05, 0.1) is 16.9 Å². The molecule has 0 fully saturated rings. The fourth-order valence-corrected chi connectivity index (χ4v) is 2.12. The third-order valence-corrected chi connectivity index (χ3v) is 3.01. The second kappa shape index (κ2) is 4.27. The third kappa shape index (κ3) is 1.79. The van der Waals surface area contributed by atoms with E-state index in [0.717, 1.165) is 16.6 Å². The molecule has 0 bridgehead atoms. The molecule has 3 nitrogen and oxygen atoms in total. The van der Waals surface area contributed by atoms with Crippen molar-refractivity contribution in [1.82, 2.24) is 9.97 Å². The zero-order valence-corrected chi connectivity index (χ0v) is 10.1. The number of hydrogen-bond donors (Lipinski definition) is 1. The van der Waals surface area contributed by atoms with Gasteiger partial charge >= 0.3 is 0 Å². The molecule has 0 saturated heterocycles. The van der Waals surface area contributed by atoms with E-state index < -0.39 is 5.24 Å². The van der Waals surface area contributed by atoms with E-state index >= 15 is 0 Å². The minimum atomic E-state index is -0.471. The van der Waals surface area contributed by atoms with Gasteiger partial charge in [-0.1, -0.05) is 18.2 Å². The molecular formula is C14H9ClN2O. The SMILES string of the molecule is O=C(Cl)c1cc(-c2ccc[nH]2)nc2ccccc12. The van der Waals surface area contributed by atoms with Crippen LogP contribution in [0.25, 0.3) is 22.3 Å². The summed E-state index contributed by atoms with van der Waals surface area (Å²) in [5.74, 6) is 0. The van der Waals surface area contributed by atoms with Crippen LogP contribution in [0.15, 0.2) is 48.7 Å². The molecule has 0 saturated carbocycles. The van der Waals surface area contributed by atoms with E-state index in [2.05, 4.69) is 9.97 Å². The van der Waals surface area contributed by atoms with Crippen molar-refractivity contribution in [3.05, 3.63) is 54.2 Å². The number of benzene rings is 1. The Morgan fingerprint density at radius 2 is 2.00 bits per heavy atom. The Bertz CT molecular complexity index is 720. The minimum Gasteiger partial charge on any atom is -0.360 e. The lowest BCUT2D eigenvalue weighted by Gasteiger charge is -2.05. The molecule has 2 heterocycles. The van der Waals surface area contributed by atoms with Crippen LogP contribution in [0.5, 0.6) is 0 Å². The molecule has 0 radical (unpaired) electrons. The van der Waals surface area contributed by atoms with E-state index in [1.165, 1.54) is 0 Å². The number of carbonyl (C=O) groups excluding carboxylic acids is 1. The highest BCUT2D eigenvalue weighted by atomic mass is 35.5. The molecular weight excluding hydrogens is 248 g/mol. The summed E-state index contributed by atoms with van der Waals surface area (Å²) in [4.78, 5) is 19.1. The maximum atomic E-state index is 11.5. The lowest BCUT2D eigenvalue weighted by molar-refractivity contribution is 0.108. The summed E-state index contributed by atoms with van der Waals surface area (Å²) in [6.45, 7) is 0. The number of H-pyrrole nitrogens is 1. The molecule has 0 spiro atoms.